The Kier molecular flexibility index (Phi) is 6.88. The van der Waals surface area contributed by atoms with Crippen LogP contribution < -0.4 is 0 Å². The van der Waals surface area contributed by atoms with Crippen molar-refractivity contribution >= 4 is 0 Å². The summed E-state index contributed by atoms with van der Waals surface area (Å²) in [5, 5.41) is 0. The van der Waals surface area contributed by atoms with Gasteiger partial charge in [0.25, 0.3) is 0 Å². The molecule has 1 aliphatic heterocycles. The van der Waals surface area contributed by atoms with Gasteiger partial charge in [0.05, 0.1) is 19.3 Å². The number of hydrogen-bond donors (Lipinski definition) is 0. The van der Waals surface area contributed by atoms with E-state index in [1.807, 2.05) is 12.1 Å². The molecule has 0 aromatic heterocycles. The largest absolute Gasteiger partial charge is 0.376 e. The zero-order valence-electron chi connectivity index (χ0n) is 13.8. The maximum Gasteiger partial charge on any atom is 0.0875 e. The van der Waals surface area contributed by atoms with Gasteiger partial charge >= 0.3 is 0 Å². The van der Waals surface area contributed by atoms with Crippen molar-refractivity contribution in [2.24, 2.45) is 11.8 Å². The summed E-state index contributed by atoms with van der Waals surface area (Å²) < 4.78 is 11.3. The Morgan fingerprint density at radius 2 is 2.14 bits per heavy atom. The zero-order chi connectivity index (χ0) is 15.8. The molecule has 0 spiro atoms. The van der Waals surface area contributed by atoms with Crippen LogP contribution in [0.15, 0.2) is 54.6 Å². The Labute approximate surface area is 134 Å². The molecule has 1 aromatic rings. The van der Waals surface area contributed by atoms with E-state index in [2.05, 4.69) is 50.8 Å². The molecule has 1 aromatic carbocycles. The lowest BCUT2D eigenvalue weighted by atomic mass is 9.95. The average Bonchev–Trinajstić information content (AvgIpc) is 3.32. The van der Waals surface area contributed by atoms with Crippen LogP contribution in [0.1, 0.15) is 32.3 Å². The molecule has 1 fully saturated rings. The highest BCUT2D eigenvalue weighted by Crippen LogP contribution is 2.27. The van der Waals surface area contributed by atoms with E-state index in [9.17, 15) is 0 Å². The van der Waals surface area contributed by atoms with Gasteiger partial charge in [-0.05, 0) is 31.2 Å². The third kappa shape index (κ3) is 6.17. The maximum absolute atomic E-state index is 5.83. The molecule has 0 amide bonds. The SMILES string of the molecule is C=CCC(/C=C(\C)CC(C)COCc1ccccc1)[C@@H]1CO1. The van der Waals surface area contributed by atoms with Crippen LogP contribution in [0.5, 0.6) is 0 Å². The van der Waals surface area contributed by atoms with Crippen LogP contribution in [0.2, 0.25) is 0 Å². The number of epoxide rings is 1. The highest BCUT2D eigenvalue weighted by Gasteiger charge is 2.30. The summed E-state index contributed by atoms with van der Waals surface area (Å²) in [5.74, 6) is 1.03. The quantitative estimate of drug-likeness (QED) is 0.459. The van der Waals surface area contributed by atoms with Crippen molar-refractivity contribution < 1.29 is 9.47 Å². The Bertz CT molecular complexity index is 474. The van der Waals surface area contributed by atoms with Gasteiger partial charge in [-0.2, -0.15) is 0 Å². The fourth-order valence-electron chi connectivity index (χ4n) is 2.82. The summed E-state index contributed by atoms with van der Waals surface area (Å²) in [7, 11) is 0. The average molecular weight is 300 g/mol. The second-order valence-corrected chi connectivity index (χ2v) is 6.38. The van der Waals surface area contributed by atoms with E-state index < -0.39 is 0 Å². The molecule has 1 heterocycles. The van der Waals surface area contributed by atoms with Crippen molar-refractivity contribution in [2.45, 2.75) is 39.4 Å². The molecule has 1 aliphatic rings. The van der Waals surface area contributed by atoms with Gasteiger partial charge in [-0.15, -0.1) is 6.58 Å². The molecule has 0 N–H and O–H groups in total. The predicted octanol–water partition coefficient (Wildman–Crippen LogP) is 4.77. The van der Waals surface area contributed by atoms with Gasteiger partial charge in [0.2, 0.25) is 0 Å². The van der Waals surface area contributed by atoms with Crippen LogP contribution >= 0.6 is 0 Å². The number of allylic oxidation sites excluding steroid dienone is 2. The summed E-state index contributed by atoms with van der Waals surface area (Å²) in [6.07, 6.45) is 6.85. The Hall–Kier alpha value is -1.38. The predicted molar refractivity (Wildman–Crippen MR) is 91.7 cm³/mol. The summed E-state index contributed by atoms with van der Waals surface area (Å²) in [4.78, 5) is 0. The van der Waals surface area contributed by atoms with E-state index in [1.165, 1.54) is 11.1 Å². The first-order chi connectivity index (χ1) is 10.7. The smallest absolute Gasteiger partial charge is 0.0875 e. The Morgan fingerprint density at radius 3 is 2.77 bits per heavy atom. The molecule has 0 bridgehead atoms. The normalized spacial score (nSPS) is 20.5. The molecule has 22 heavy (non-hydrogen) atoms. The van der Waals surface area contributed by atoms with E-state index in [-0.39, 0.29) is 0 Å². The van der Waals surface area contributed by atoms with Gasteiger partial charge < -0.3 is 9.47 Å². The molecule has 2 rings (SSSR count). The van der Waals surface area contributed by atoms with Gasteiger partial charge in [-0.3, -0.25) is 0 Å². The topological polar surface area (TPSA) is 21.8 Å². The molecule has 120 valence electrons. The molecule has 3 atom stereocenters. The third-order valence-corrected chi connectivity index (χ3v) is 3.96. The number of benzene rings is 1. The van der Waals surface area contributed by atoms with Crippen LogP contribution in [-0.2, 0) is 16.1 Å². The first-order valence-corrected chi connectivity index (χ1v) is 8.20. The summed E-state index contributed by atoms with van der Waals surface area (Å²) >= 11 is 0. The fourth-order valence-corrected chi connectivity index (χ4v) is 2.82. The van der Waals surface area contributed by atoms with E-state index in [0.29, 0.717) is 24.5 Å². The zero-order valence-corrected chi connectivity index (χ0v) is 13.8. The lowest BCUT2D eigenvalue weighted by Crippen LogP contribution is -2.09. The number of rotatable bonds is 10. The molecular weight excluding hydrogens is 272 g/mol. The van der Waals surface area contributed by atoms with Crippen molar-refractivity contribution in [3.63, 3.8) is 0 Å². The molecular formula is C20H28O2. The molecule has 0 radical (unpaired) electrons. The lowest BCUT2D eigenvalue weighted by molar-refractivity contribution is 0.0921. The van der Waals surface area contributed by atoms with E-state index in [0.717, 1.165) is 26.1 Å². The third-order valence-electron chi connectivity index (χ3n) is 3.96. The van der Waals surface area contributed by atoms with Crippen molar-refractivity contribution in [3.8, 4) is 0 Å². The van der Waals surface area contributed by atoms with Crippen molar-refractivity contribution in [1.82, 2.24) is 0 Å². The fraction of sp³-hybridized carbons (Fsp3) is 0.500. The van der Waals surface area contributed by atoms with Crippen LogP contribution in [0, 0.1) is 11.8 Å². The van der Waals surface area contributed by atoms with Gasteiger partial charge in [0.1, 0.15) is 0 Å². The van der Waals surface area contributed by atoms with E-state index in [4.69, 9.17) is 9.47 Å². The van der Waals surface area contributed by atoms with Crippen molar-refractivity contribution in [3.05, 3.63) is 60.2 Å². The van der Waals surface area contributed by atoms with E-state index >= 15 is 0 Å². The molecule has 2 heteroatoms. The van der Waals surface area contributed by atoms with Crippen LogP contribution in [0.4, 0.5) is 0 Å². The molecule has 2 unspecified atom stereocenters. The lowest BCUT2D eigenvalue weighted by Gasteiger charge is -2.14. The van der Waals surface area contributed by atoms with Crippen LogP contribution in [0.3, 0.4) is 0 Å². The summed E-state index contributed by atoms with van der Waals surface area (Å²) in [6.45, 7) is 10.7. The Morgan fingerprint density at radius 1 is 1.41 bits per heavy atom. The second-order valence-electron chi connectivity index (χ2n) is 6.38. The molecule has 0 saturated carbocycles. The minimum absolute atomic E-state index is 0.414. The highest BCUT2D eigenvalue weighted by atomic mass is 16.6. The van der Waals surface area contributed by atoms with Gasteiger partial charge in [-0.25, -0.2) is 0 Å². The van der Waals surface area contributed by atoms with Crippen molar-refractivity contribution in [2.75, 3.05) is 13.2 Å². The summed E-state index contributed by atoms with van der Waals surface area (Å²) in [6, 6.07) is 10.3. The van der Waals surface area contributed by atoms with Crippen LogP contribution in [0.25, 0.3) is 0 Å². The first kappa shape index (κ1) is 17.0. The minimum Gasteiger partial charge on any atom is -0.376 e. The first-order valence-electron chi connectivity index (χ1n) is 8.20. The number of ether oxygens (including phenoxy) is 2. The molecule has 2 nitrogen and oxygen atoms in total. The highest BCUT2D eigenvalue weighted by molar-refractivity contribution is 5.13. The van der Waals surface area contributed by atoms with Gasteiger partial charge in [0.15, 0.2) is 0 Å². The monoisotopic (exact) mass is 300 g/mol. The molecule has 1 saturated heterocycles. The van der Waals surface area contributed by atoms with Crippen LogP contribution in [-0.4, -0.2) is 19.3 Å². The second kappa shape index (κ2) is 8.92. The van der Waals surface area contributed by atoms with Gasteiger partial charge in [-0.1, -0.05) is 55.0 Å². The Balaban J connectivity index is 1.71. The van der Waals surface area contributed by atoms with Crippen molar-refractivity contribution in [1.29, 1.82) is 0 Å². The number of hydrogen-bond acceptors (Lipinski definition) is 2. The maximum atomic E-state index is 5.83. The molecule has 0 aliphatic carbocycles. The minimum atomic E-state index is 0.414. The van der Waals surface area contributed by atoms with Gasteiger partial charge in [0, 0.05) is 12.5 Å². The van der Waals surface area contributed by atoms with E-state index in [1.54, 1.807) is 0 Å². The summed E-state index contributed by atoms with van der Waals surface area (Å²) in [5.41, 5.74) is 2.66. The standard InChI is InChI=1S/C20H28O2/c1-4-8-19(20-15-22-20)12-16(2)11-17(3)13-21-14-18-9-6-5-7-10-18/h4-7,9-10,12,17,19-20H,1,8,11,13-15H2,2-3H3/b16-12+/t17?,19?,20-/m0/s1.